The van der Waals surface area contributed by atoms with Crippen LogP contribution in [0.4, 0.5) is 0 Å². The lowest BCUT2D eigenvalue weighted by Gasteiger charge is -2.13. The predicted molar refractivity (Wildman–Crippen MR) is 81.7 cm³/mol. The number of ether oxygens (including phenoxy) is 1. The van der Waals surface area contributed by atoms with Crippen LogP contribution in [0.1, 0.15) is 29.4 Å². The number of nitrogens with zero attached hydrogens (tertiary/aromatic N) is 2. The fourth-order valence-electron chi connectivity index (χ4n) is 2.16. The van der Waals surface area contributed by atoms with Crippen molar-refractivity contribution >= 4 is 15.9 Å². The van der Waals surface area contributed by atoms with Crippen LogP contribution in [0.5, 0.6) is 5.75 Å². The average molecular weight is 339 g/mol. The van der Waals surface area contributed by atoms with Crippen molar-refractivity contribution in [3.63, 3.8) is 0 Å². The summed E-state index contributed by atoms with van der Waals surface area (Å²) in [6.45, 7) is 4.44. The molecule has 0 spiro atoms. The molecule has 0 radical (unpaired) electrons. The van der Waals surface area contributed by atoms with Crippen molar-refractivity contribution in [1.82, 2.24) is 9.78 Å². The summed E-state index contributed by atoms with van der Waals surface area (Å²) in [4.78, 5) is 0. The van der Waals surface area contributed by atoms with E-state index in [1.807, 2.05) is 36.9 Å². The Balaban J connectivity index is 2.23. The fraction of sp³-hybridized carbons (Fsp3) is 0.400. The molecule has 0 atom stereocenters. The predicted octanol–water partition coefficient (Wildman–Crippen LogP) is 3.12. The van der Waals surface area contributed by atoms with E-state index in [-0.39, 0.29) is 6.61 Å². The number of hydrogen-bond donors (Lipinski definition) is 1. The first-order valence-corrected chi connectivity index (χ1v) is 7.40. The van der Waals surface area contributed by atoms with Crippen LogP contribution in [0, 0.1) is 6.92 Å². The molecule has 0 unspecified atom stereocenters. The number of aliphatic hydroxyl groups excluding tert-OH is 1. The quantitative estimate of drug-likeness (QED) is 0.910. The molecule has 108 valence electrons. The van der Waals surface area contributed by atoms with E-state index in [9.17, 15) is 5.11 Å². The Hall–Kier alpha value is -1.33. The number of rotatable bonds is 5. The maximum Gasteiger partial charge on any atom is 0.131 e. The summed E-state index contributed by atoms with van der Waals surface area (Å²) in [6, 6.07) is 5.77. The Bertz CT molecular complexity index is 608. The molecule has 1 heterocycles. The van der Waals surface area contributed by atoms with Gasteiger partial charge in [0.2, 0.25) is 0 Å². The highest BCUT2D eigenvalue weighted by molar-refractivity contribution is 9.10. The van der Waals surface area contributed by atoms with E-state index < -0.39 is 0 Å². The van der Waals surface area contributed by atoms with Gasteiger partial charge in [-0.2, -0.15) is 5.10 Å². The van der Waals surface area contributed by atoms with E-state index in [1.165, 1.54) is 0 Å². The van der Waals surface area contributed by atoms with E-state index in [0.717, 1.165) is 39.2 Å². The van der Waals surface area contributed by atoms with Gasteiger partial charge in [0.05, 0.1) is 22.5 Å². The summed E-state index contributed by atoms with van der Waals surface area (Å²) in [5.41, 5.74) is 3.84. The molecular formula is C15H19BrN2O2. The molecule has 1 aromatic carbocycles. The van der Waals surface area contributed by atoms with Gasteiger partial charge in [0, 0.05) is 12.6 Å². The van der Waals surface area contributed by atoms with Crippen molar-refractivity contribution in [3.05, 3.63) is 45.2 Å². The third kappa shape index (κ3) is 2.88. The normalized spacial score (nSPS) is 10.8. The molecule has 0 fully saturated rings. The van der Waals surface area contributed by atoms with Crippen LogP contribution in [-0.2, 0) is 26.7 Å². The van der Waals surface area contributed by atoms with Gasteiger partial charge in [-0.1, -0.05) is 25.1 Å². The third-order valence-corrected chi connectivity index (χ3v) is 4.24. The molecule has 2 rings (SSSR count). The van der Waals surface area contributed by atoms with Gasteiger partial charge in [0.1, 0.15) is 12.4 Å². The highest BCUT2D eigenvalue weighted by Crippen LogP contribution is 2.27. The Kier molecular flexibility index (Phi) is 4.83. The largest absolute Gasteiger partial charge is 0.487 e. The Labute approximate surface area is 127 Å². The summed E-state index contributed by atoms with van der Waals surface area (Å²) in [5, 5.41) is 13.8. The molecule has 0 aliphatic carbocycles. The zero-order valence-corrected chi connectivity index (χ0v) is 13.6. The first kappa shape index (κ1) is 15.1. The number of aliphatic hydroxyl groups is 1. The molecule has 0 aliphatic heterocycles. The van der Waals surface area contributed by atoms with Crippen LogP contribution in [0.25, 0.3) is 0 Å². The molecule has 4 nitrogen and oxygen atoms in total. The number of para-hydroxylation sites is 1. The van der Waals surface area contributed by atoms with Crippen LogP contribution >= 0.6 is 15.9 Å². The van der Waals surface area contributed by atoms with Crippen LogP contribution in [0.3, 0.4) is 0 Å². The maximum absolute atomic E-state index is 9.38. The second kappa shape index (κ2) is 6.41. The van der Waals surface area contributed by atoms with Crippen molar-refractivity contribution in [2.24, 2.45) is 7.05 Å². The minimum atomic E-state index is -0.0240. The smallest absolute Gasteiger partial charge is 0.131 e. The second-order valence-electron chi connectivity index (χ2n) is 4.69. The van der Waals surface area contributed by atoms with Gasteiger partial charge in [0.15, 0.2) is 0 Å². The molecule has 5 heteroatoms. The highest BCUT2D eigenvalue weighted by Gasteiger charge is 2.14. The number of aromatic nitrogens is 2. The van der Waals surface area contributed by atoms with Crippen molar-refractivity contribution in [3.8, 4) is 5.75 Å². The molecular weight excluding hydrogens is 320 g/mol. The Morgan fingerprint density at radius 1 is 1.40 bits per heavy atom. The standard InChI is InChI=1S/C15H19BrN2O2/c1-4-12-14(16)13(18(3)17-12)9-20-15-10(2)6-5-7-11(15)8-19/h5-7,19H,4,8-9H2,1-3H3. The summed E-state index contributed by atoms with van der Waals surface area (Å²) in [6.07, 6.45) is 0.876. The summed E-state index contributed by atoms with van der Waals surface area (Å²) in [5.74, 6) is 0.751. The highest BCUT2D eigenvalue weighted by atomic mass is 79.9. The molecule has 2 aromatic rings. The van der Waals surface area contributed by atoms with Gasteiger partial charge in [-0.25, -0.2) is 0 Å². The zero-order chi connectivity index (χ0) is 14.7. The summed E-state index contributed by atoms with van der Waals surface area (Å²) in [7, 11) is 1.91. The third-order valence-electron chi connectivity index (χ3n) is 3.32. The fourth-order valence-corrected chi connectivity index (χ4v) is 2.89. The van der Waals surface area contributed by atoms with Gasteiger partial charge in [-0.15, -0.1) is 0 Å². The van der Waals surface area contributed by atoms with Gasteiger partial charge in [-0.05, 0) is 34.8 Å². The zero-order valence-electron chi connectivity index (χ0n) is 12.0. The Morgan fingerprint density at radius 2 is 2.15 bits per heavy atom. The van der Waals surface area contributed by atoms with Crippen LogP contribution in [0.15, 0.2) is 22.7 Å². The van der Waals surface area contributed by atoms with E-state index in [2.05, 4.69) is 28.0 Å². The van der Waals surface area contributed by atoms with Crippen LogP contribution < -0.4 is 4.74 Å². The lowest BCUT2D eigenvalue weighted by molar-refractivity contribution is 0.254. The van der Waals surface area contributed by atoms with Gasteiger partial charge in [0.25, 0.3) is 0 Å². The van der Waals surface area contributed by atoms with Crippen LogP contribution in [0.2, 0.25) is 0 Å². The minimum Gasteiger partial charge on any atom is -0.487 e. The molecule has 0 aliphatic rings. The second-order valence-corrected chi connectivity index (χ2v) is 5.49. The minimum absolute atomic E-state index is 0.0240. The number of aryl methyl sites for hydroxylation is 3. The van der Waals surface area contributed by atoms with Gasteiger partial charge < -0.3 is 9.84 Å². The van der Waals surface area contributed by atoms with E-state index in [0.29, 0.717) is 6.61 Å². The lowest BCUT2D eigenvalue weighted by Crippen LogP contribution is -2.06. The van der Waals surface area contributed by atoms with Crippen LogP contribution in [-0.4, -0.2) is 14.9 Å². The van der Waals surface area contributed by atoms with Gasteiger partial charge >= 0.3 is 0 Å². The maximum atomic E-state index is 9.38. The van der Waals surface area contributed by atoms with E-state index >= 15 is 0 Å². The molecule has 20 heavy (non-hydrogen) atoms. The van der Waals surface area contributed by atoms with Crippen molar-refractivity contribution in [2.45, 2.75) is 33.5 Å². The molecule has 0 amide bonds. The molecule has 0 saturated heterocycles. The SMILES string of the molecule is CCc1nn(C)c(COc2c(C)cccc2CO)c1Br. The first-order chi connectivity index (χ1) is 9.58. The molecule has 0 bridgehead atoms. The topological polar surface area (TPSA) is 47.3 Å². The number of benzene rings is 1. The summed E-state index contributed by atoms with van der Waals surface area (Å²) >= 11 is 3.58. The number of hydrogen-bond acceptors (Lipinski definition) is 3. The molecule has 1 N–H and O–H groups in total. The van der Waals surface area contributed by atoms with Crippen molar-refractivity contribution in [1.29, 1.82) is 0 Å². The van der Waals surface area contributed by atoms with E-state index in [1.54, 1.807) is 0 Å². The monoisotopic (exact) mass is 338 g/mol. The van der Waals surface area contributed by atoms with Gasteiger partial charge in [-0.3, -0.25) is 4.68 Å². The Morgan fingerprint density at radius 3 is 2.75 bits per heavy atom. The lowest BCUT2D eigenvalue weighted by atomic mass is 10.1. The summed E-state index contributed by atoms with van der Waals surface area (Å²) < 4.78 is 8.75. The molecule has 0 saturated carbocycles. The number of halogens is 1. The molecule has 1 aromatic heterocycles. The average Bonchev–Trinajstić information content (AvgIpc) is 2.72. The van der Waals surface area contributed by atoms with E-state index in [4.69, 9.17) is 4.74 Å². The van der Waals surface area contributed by atoms with Crippen molar-refractivity contribution < 1.29 is 9.84 Å². The van der Waals surface area contributed by atoms with Crippen molar-refractivity contribution in [2.75, 3.05) is 0 Å². The first-order valence-electron chi connectivity index (χ1n) is 6.60.